The molecule has 1 fully saturated rings. The summed E-state index contributed by atoms with van der Waals surface area (Å²) in [4.78, 5) is 20.8. The third kappa shape index (κ3) is 5.34. The molecule has 5 heteroatoms. The summed E-state index contributed by atoms with van der Waals surface area (Å²) in [5, 5.41) is 11.2. The summed E-state index contributed by atoms with van der Waals surface area (Å²) in [6.45, 7) is 0.888. The number of carbonyl (C=O) groups excluding carboxylic acids is 1. The smallest absolute Gasteiger partial charge is 0.335 e. The number of anilines is 1. The maximum absolute atomic E-state index is 10.6. The van der Waals surface area contributed by atoms with Crippen LogP contribution in [0.25, 0.3) is 0 Å². The Labute approximate surface area is 106 Å². The van der Waals surface area contributed by atoms with E-state index >= 15 is 0 Å². The van der Waals surface area contributed by atoms with Gasteiger partial charge < -0.3 is 16.2 Å². The zero-order chi connectivity index (χ0) is 13.4. The molecule has 1 amide bonds. The second kappa shape index (κ2) is 7.32. The molecule has 5 nitrogen and oxygen atoms in total. The highest BCUT2D eigenvalue weighted by atomic mass is 16.4. The van der Waals surface area contributed by atoms with E-state index in [0.29, 0.717) is 5.69 Å². The van der Waals surface area contributed by atoms with Gasteiger partial charge in [-0.15, -0.1) is 0 Å². The summed E-state index contributed by atoms with van der Waals surface area (Å²) in [5.41, 5.74) is 6.17. The molecule has 0 unspecified atom stereocenters. The topological polar surface area (TPSA) is 92.4 Å². The molecule has 0 atom stereocenters. The Balaban J connectivity index is 0.000000184. The minimum atomic E-state index is -0.931. The van der Waals surface area contributed by atoms with Gasteiger partial charge in [-0.3, -0.25) is 4.79 Å². The lowest BCUT2D eigenvalue weighted by Crippen LogP contribution is -2.21. The van der Waals surface area contributed by atoms with E-state index in [-0.39, 0.29) is 11.5 Å². The van der Waals surface area contributed by atoms with Crippen LogP contribution in [0.3, 0.4) is 0 Å². The molecule has 2 rings (SSSR count). The fourth-order valence-electron chi connectivity index (χ4n) is 1.53. The number of aromatic carboxylic acids is 1. The van der Waals surface area contributed by atoms with Crippen molar-refractivity contribution in [1.82, 2.24) is 5.32 Å². The van der Waals surface area contributed by atoms with Crippen molar-refractivity contribution in [2.45, 2.75) is 25.7 Å². The number of benzene rings is 1. The quantitative estimate of drug-likeness (QED) is 0.661. The van der Waals surface area contributed by atoms with E-state index in [4.69, 9.17) is 10.8 Å². The zero-order valence-electron chi connectivity index (χ0n) is 10.2. The van der Waals surface area contributed by atoms with Crippen molar-refractivity contribution >= 4 is 17.6 Å². The lowest BCUT2D eigenvalue weighted by molar-refractivity contribution is -0.120. The number of rotatable bonds is 1. The van der Waals surface area contributed by atoms with Crippen LogP contribution in [-0.2, 0) is 4.79 Å². The van der Waals surface area contributed by atoms with Crippen molar-refractivity contribution in [2.24, 2.45) is 0 Å². The number of nitrogen functional groups attached to an aromatic ring is 1. The number of hydrogen-bond acceptors (Lipinski definition) is 3. The van der Waals surface area contributed by atoms with Crippen molar-refractivity contribution in [3.63, 3.8) is 0 Å². The van der Waals surface area contributed by atoms with Crippen LogP contribution in [0.1, 0.15) is 36.0 Å². The van der Waals surface area contributed by atoms with Crippen molar-refractivity contribution in [1.29, 1.82) is 0 Å². The molecular weight excluding hydrogens is 232 g/mol. The molecule has 1 aromatic rings. The maximum atomic E-state index is 10.6. The maximum Gasteiger partial charge on any atom is 0.335 e. The van der Waals surface area contributed by atoms with Crippen molar-refractivity contribution < 1.29 is 14.7 Å². The SMILES string of the molecule is Nc1ccc(C(=O)O)cc1.O=C1CCCCCN1. The summed E-state index contributed by atoms with van der Waals surface area (Å²) in [5.74, 6) is -0.706. The third-order valence-electron chi connectivity index (χ3n) is 2.56. The third-order valence-corrected chi connectivity index (χ3v) is 2.56. The molecule has 1 aliphatic heterocycles. The molecule has 0 radical (unpaired) electrons. The van der Waals surface area contributed by atoms with Gasteiger partial charge in [0, 0.05) is 18.7 Å². The van der Waals surface area contributed by atoms with Crippen LogP contribution in [0.15, 0.2) is 24.3 Å². The van der Waals surface area contributed by atoms with Gasteiger partial charge >= 0.3 is 5.97 Å². The predicted molar refractivity (Wildman–Crippen MR) is 69.3 cm³/mol. The summed E-state index contributed by atoms with van der Waals surface area (Å²) in [7, 11) is 0. The first-order valence-corrected chi connectivity index (χ1v) is 5.95. The number of carboxylic acids is 1. The Hall–Kier alpha value is -2.04. The second-order valence-corrected chi connectivity index (χ2v) is 4.09. The highest BCUT2D eigenvalue weighted by molar-refractivity contribution is 5.87. The van der Waals surface area contributed by atoms with Crippen LogP contribution in [0, 0.1) is 0 Å². The standard InChI is InChI=1S/C7H7NO2.C6H11NO/c8-6-3-1-5(2-4-6)7(9)10;8-6-4-2-1-3-5-7-6/h1-4H,8H2,(H,9,10);1-5H2,(H,7,8). The average molecular weight is 250 g/mol. The van der Waals surface area contributed by atoms with Crippen molar-refractivity contribution in [2.75, 3.05) is 12.3 Å². The van der Waals surface area contributed by atoms with E-state index < -0.39 is 5.97 Å². The molecule has 1 aliphatic rings. The number of carbonyl (C=O) groups is 2. The number of hydrogen-bond donors (Lipinski definition) is 3. The zero-order valence-corrected chi connectivity index (χ0v) is 10.2. The Kier molecular flexibility index (Phi) is 5.70. The summed E-state index contributed by atoms with van der Waals surface area (Å²) < 4.78 is 0. The first kappa shape index (κ1) is 14.0. The molecule has 0 bridgehead atoms. The fraction of sp³-hybridized carbons (Fsp3) is 0.385. The van der Waals surface area contributed by atoms with Crippen LogP contribution >= 0.6 is 0 Å². The van der Waals surface area contributed by atoms with Crippen LogP contribution in [0.4, 0.5) is 5.69 Å². The van der Waals surface area contributed by atoms with E-state index in [1.165, 1.54) is 18.6 Å². The Morgan fingerprint density at radius 2 is 1.83 bits per heavy atom. The molecule has 0 saturated carbocycles. The minimum absolute atomic E-state index is 0.225. The molecule has 0 aromatic heterocycles. The Bertz CT molecular complexity index is 391. The van der Waals surface area contributed by atoms with Gasteiger partial charge in [0.2, 0.25) is 5.91 Å². The van der Waals surface area contributed by atoms with Gasteiger partial charge in [-0.25, -0.2) is 4.79 Å². The molecular formula is C13H18N2O3. The largest absolute Gasteiger partial charge is 0.478 e. The van der Waals surface area contributed by atoms with Gasteiger partial charge in [0.15, 0.2) is 0 Å². The number of nitrogens with two attached hydrogens (primary N) is 1. The van der Waals surface area contributed by atoms with E-state index in [9.17, 15) is 9.59 Å². The van der Waals surface area contributed by atoms with E-state index in [0.717, 1.165) is 25.8 Å². The number of amides is 1. The Morgan fingerprint density at radius 1 is 1.17 bits per heavy atom. The monoisotopic (exact) mass is 250 g/mol. The molecule has 18 heavy (non-hydrogen) atoms. The summed E-state index contributed by atoms with van der Waals surface area (Å²) in [6, 6.07) is 6.06. The van der Waals surface area contributed by atoms with Gasteiger partial charge in [-0.2, -0.15) is 0 Å². The van der Waals surface area contributed by atoms with E-state index in [2.05, 4.69) is 5.32 Å². The fourth-order valence-corrected chi connectivity index (χ4v) is 1.53. The van der Waals surface area contributed by atoms with Crippen LogP contribution in [0.2, 0.25) is 0 Å². The van der Waals surface area contributed by atoms with Gasteiger partial charge in [0.25, 0.3) is 0 Å². The first-order chi connectivity index (χ1) is 8.59. The Morgan fingerprint density at radius 3 is 2.44 bits per heavy atom. The lowest BCUT2D eigenvalue weighted by Gasteiger charge is -1.93. The molecule has 98 valence electrons. The minimum Gasteiger partial charge on any atom is -0.478 e. The lowest BCUT2D eigenvalue weighted by atomic mass is 10.2. The van der Waals surface area contributed by atoms with Crippen LogP contribution in [-0.4, -0.2) is 23.5 Å². The number of nitrogens with one attached hydrogen (secondary N) is 1. The molecule has 0 aliphatic carbocycles. The highest BCUT2D eigenvalue weighted by Crippen LogP contribution is 2.04. The van der Waals surface area contributed by atoms with E-state index in [1.54, 1.807) is 12.1 Å². The van der Waals surface area contributed by atoms with Crippen LogP contribution in [0.5, 0.6) is 0 Å². The second-order valence-electron chi connectivity index (χ2n) is 4.09. The van der Waals surface area contributed by atoms with Crippen LogP contribution < -0.4 is 11.1 Å². The van der Waals surface area contributed by atoms with Gasteiger partial charge in [0.05, 0.1) is 5.56 Å². The normalized spacial score (nSPS) is 14.8. The average Bonchev–Trinajstić information content (AvgIpc) is 2.58. The number of carboxylic acid groups (broad SMARTS) is 1. The predicted octanol–water partition coefficient (Wildman–Crippen LogP) is 1.64. The molecule has 1 aromatic carbocycles. The molecule has 1 heterocycles. The summed E-state index contributed by atoms with van der Waals surface area (Å²) in [6.07, 6.45) is 4.18. The summed E-state index contributed by atoms with van der Waals surface area (Å²) >= 11 is 0. The molecule has 0 spiro atoms. The highest BCUT2D eigenvalue weighted by Gasteiger charge is 2.03. The van der Waals surface area contributed by atoms with Gasteiger partial charge in [-0.05, 0) is 37.1 Å². The molecule has 4 N–H and O–H groups in total. The van der Waals surface area contributed by atoms with Crippen molar-refractivity contribution in [3.8, 4) is 0 Å². The van der Waals surface area contributed by atoms with E-state index in [1.807, 2.05) is 0 Å². The van der Waals surface area contributed by atoms with Gasteiger partial charge in [0.1, 0.15) is 0 Å². The van der Waals surface area contributed by atoms with Crippen molar-refractivity contribution in [3.05, 3.63) is 29.8 Å². The van der Waals surface area contributed by atoms with Gasteiger partial charge in [-0.1, -0.05) is 6.42 Å². The first-order valence-electron chi connectivity index (χ1n) is 5.95. The molecule has 1 saturated heterocycles.